The van der Waals surface area contributed by atoms with Crippen LogP contribution in [0.2, 0.25) is 0 Å². The number of carboxylic acid groups (broad SMARTS) is 1. The number of ether oxygens (including phenoxy) is 2. The molecule has 1 amide bonds. The van der Waals surface area contributed by atoms with E-state index in [2.05, 4.69) is 44.3 Å². The third-order valence-electron chi connectivity index (χ3n) is 10.2. The molecule has 0 radical (unpaired) electrons. The molecule has 1 fully saturated rings. The molecule has 0 spiro atoms. The van der Waals surface area contributed by atoms with Crippen LogP contribution in [0.15, 0.2) is 66.7 Å². The second kappa shape index (κ2) is 17.0. The van der Waals surface area contributed by atoms with E-state index in [9.17, 15) is 14.4 Å². The first-order chi connectivity index (χ1) is 23.6. The highest BCUT2D eigenvalue weighted by molar-refractivity contribution is 5.93. The van der Waals surface area contributed by atoms with Gasteiger partial charge in [-0.05, 0) is 65.8 Å². The van der Waals surface area contributed by atoms with Crippen LogP contribution < -0.4 is 10.1 Å². The minimum absolute atomic E-state index is 0.0481. The second-order valence-electron chi connectivity index (χ2n) is 15.0. The first-order valence-electron chi connectivity index (χ1n) is 18.2. The minimum Gasteiger partial charge on any atom is -0.481 e. The second-order valence-corrected chi connectivity index (χ2v) is 15.0. The van der Waals surface area contributed by atoms with Gasteiger partial charge in [-0.2, -0.15) is 0 Å². The fraction of sp³-hybridized carbons (Fsp3) is 0.500. The number of esters is 1. The largest absolute Gasteiger partial charge is 0.481 e. The van der Waals surface area contributed by atoms with E-state index in [1.165, 1.54) is 38.5 Å². The lowest BCUT2D eigenvalue weighted by molar-refractivity contribution is -0.148. The Morgan fingerprint density at radius 3 is 2.22 bits per heavy atom. The van der Waals surface area contributed by atoms with Crippen molar-refractivity contribution in [2.24, 2.45) is 11.8 Å². The standard InChI is InChI=1S/C42H53NO6/c1-42(2,3)35-23-22-30(20-21-31(28-48-41(47)25-24-40(45)46)15-11-14-29-12-5-4-6-13-29)26-36(35)43-39(44)27-34-32-16-7-9-18-37(32)49-38-19-10-8-17-33(34)38/h7-10,16-19,22-23,26,29,31,34H,4-6,11-15,20-21,24-25,27-28H2,1-3H3,(H,43,44)(H,45,46). The summed E-state index contributed by atoms with van der Waals surface area (Å²) in [5.41, 5.74) is 4.88. The van der Waals surface area contributed by atoms with Gasteiger partial charge in [-0.25, -0.2) is 0 Å². The van der Waals surface area contributed by atoms with Crippen LogP contribution in [0, 0.1) is 11.8 Å². The van der Waals surface area contributed by atoms with Crippen molar-refractivity contribution in [2.45, 2.75) is 116 Å². The van der Waals surface area contributed by atoms with E-state index in [4.69, 9.17) is 14.6 Å². The molecule has 2 aliphatic rings. The Morgan fingerprint density at radius 2 is 1.57 bits per heavy atom. The number of nitrogens with one attached hydrogen (secondary N) is 1. The van der Waals surface area contributed by atoms with Crippen molar-refractivity contribution in [1.29, 1.82) is 0 Å². The molecule has 1 aliphatic heterocycles. The van der Waals surface area contributed by atoms with E-state index < -0.39 is 11.9 Å². The van der Waals surface area contributed by atoms with Crippen LogP contribution in [-0.4, -0.2) is 29.6 Å². The van der Waals surface area contributed by atoms with E-state index in [-0.39, 0.29) is 36.0 Å². The van der Waals surface area contributed by atoms with Crippen molar-refractivity contribution in [3.63, 3.8) is 0 Å². The van der Waals surface area contributed by atoms with Gasteiger partial charge in [0, 0.05) is 29.2 Å². The molecule has 262 valence electrons. The first-order valence-corrected chi connectivity index (χ1v) is 18.2. The van der Waals surface area contributed by atoms with Crippen LogP contribution in [0.4, 0.5) is 5.69 Å². The molecule has 3 aromatic carbocycles. The van der Waals surface area contributed by atoms with E-state index in [1.807, 2.05) is 48.5 Å². The molecule has 1 heterocycles. The van der Waals surface area contributed by atoms with Crippen LogP contribution in [0.1, 0.15) is 126 Å². The molecular formula is C42H53NO6. The number of carbonyl (C=O) groups is 3. The highest BCUT2D eigenvalue weighted by atomic mass is 16.5. The maximum atomic E-state index is 13.8. The molecule has 0 aromatic heterocycles. The summed E-state index contributed by atoms with van der Waals surface area (Å²) in [6, 6.07) is 22.3. The molecular weight excluding hydrogens is 614 g/mol. The van der Waals surface area contributed by atoms with Gasteiger partial charge < -0.3 is 19.9 Å². The lowest BCUT2D eigenvalue weighted by Gasteiger charge is -2.28. The third-order valence-corrected chi connectivity index (χ3v) is 10.2. The smallest absolute Gasteiger partial charge is 0.306 e. The van der Waals surface area contributed by atoms with Crippen LogP contribution >= 0.6 is 0 Å². The Hall–Kier alpha value is -4.13. The predicted octanol–water partition coefficient (Wildman–Crippen LogP) is 9.96. The molecule has 1 unspecified atom stereocenters. The van der Waals surface area contributed by atoms with Crippen LogP contribution in [0.25, 0.3) is 0 Å². The van der Waals surface area contributed by atoms with E-state index >= 15 is 0 Å². The van der Waals surface area contributed by atoms with Gasteiger partial charge in [0.15, 0.2) is 0 Å². The number of fused-ring (bicyclic) bond motifs is 2. The third kappa shape index (κ3) is 10.4. The monoisotopic (exact) mass is 667 g/mol. The van der Waals surface area contributed by atoms with Gasteiger partial charge in [0.1, 0.15) is 11.5 Å². The SMILES string of the molecule is CC(C)(C)c1ccc(CCC(CCCC2CCCCC2)COC(=O)CCC(=O)O)cc1NC(=O)CC1c2ccccc2Oc2ccccc21. The fourth-order valence-electron chi connectivity index (χ4n) is 7.46. The van der Waals surface area contributed by atoms with Gasteiger partial charge >= 0.3 is 11.9 Å². The molecule has 5 rings (SSSR count). The molecule has 2 N–H and O–H groups in total. The Kier molecular flexibility index (Phi) is 12.5. The number of benzene rings is 3. The number of para-hydroxylation sites is 2. The highest BCUT2D eigenvalue weighted by Gasteiger charge is 2.29. The Bertz CT molecular complexity index is 1540. The topological polar surface area (TPSA) is 102 Å². The maximum absolute atomic E-state index is 13.8. The summed E-state index contributed by atoms with van der Waals surface area (Å²) < 4.78 is 11.7. The van der Waals surface area contributed by atoms with E-state index in [1.54, 1.807) is 0 Å². The lowest BCUT2D eigenvalue weighted by Crippen LogP contribution is -2.22. The molecule has 3 aromatic rings. The summed E-state index contributed by atoms with van der Waals surface area (Å²) >= 11 is 0. The summed E-state index contributed by atoms with van der Waals surface area (Å²) in [6.45, 7) is 6.78. The summed E-state index contributed by atoms with van der Waals surface area (Å²) in [6.07, 6.45) is 11.5. The molecule has 1 saturated carbocycles. The summed E-state index contributed by atoms with van der Waals surface area (Å²) in [4.78, 5) is 37.0. The zero-order valence-corrected chi connectivity index (χ0v) is 29.5. The molecule has 1 aliphatic carbocycles. The summed E-state index contributed by atoms with van der Waals surface area (Å²) in [7, 11) is 0. The number of hydrogen-bond acceptors (Lipinski definition) is 5. The highest BCUT2D eigenvalue weighted by Crippen LogP contribution is 2.45. The number of amides is 1. The normalized spacial score (nSPS) is 15.4. The van der Waals surface area contributed by atoms with Gasteiger partial charge in [0.2, 0.25) is 5.91 Å². The zero-order chi connectivity index (χ0) is 34.8. The summed E-state index contributed by atoms with van der Waals surface area (Å²) in [5.74, 6) is 0.953. The summed E-state index contributed by atoms with van der Waals surface area (Å²) in [5, 5.41) is 12.2. The predicted molar refractivity (Wildman–Crippen MR) is 193 cm³/mol. The Morgan fingerprint density at radius 1 is 0.898 bits per heavy atom. The number of aryl methyl sites for hydroxylation is 1. The molecule has 1 atom stereocenters. The van der Waals surface area contributed by atoms with Gasteiger partial charge in [0.05, 0.1) is 19.4 Å². The van der Waals surface area contributed by atoms with Crippen molar-refractivity contribution >= 4 is 23.5 Å². The van der Waals surface area contributed by atoms with E-state index in [0.717, 1.165) is 71.0 Å². The molecule has 0 bridgehead atoms. The zero-order valence-electron chi connectivity index (χ0n) is 29.5. The van der Waals surface area contributed by atoms with Crippen molar-refractivity contribution in [1.82, 2.24) is 0 Å². The van der Waals surface area contributed by atoms with Crippen LogP contribution in [0.5, 0.6) is 11.5 Å². The van der Waals surface area contributed by atoms with Crippen LogP contribution in [0.3, 0.4) is 0 Å². The number of hydrogen-bond donors (Lipinski definition) is 2. The van der Waals surface area contributed by atoms with Gasteiger partial charge in [0.25, 0.3) is 0 Å². The quantitative estimate of drug-likeness (QED) is 0.156. The Labute approximate surface area is 291 Å². The van der Waals surface area contributed by atoms with Crippen molar-refractivity contribution in [3.05, 3.63) is 89.0 Å². The first kappa shape index (κ1) is 36.2. The van der Waals surface area contributed by atoms with Crippen molar-refractivity contribution < 1.29 is 29.0 Å². The number of carboxylic acids is 1. The van der Waals surface area contributed by atoms with Gasteiger partial charge in [-0.3, -0.25) is 14.4 Å². The lowest BCUT2D eigenvalue weighted by atomic mass is 9.83. The average Bonchev–Trinajstić information content (AvgIpc) is 3.08. The van der Waals surface area contributed by atoms with Gasteiger partial charge in [-0.1, -0.05) is 114 Å². The number of aliphatic carboxylic acids is 1. The molecule has 0 saturated heterocycles. The number of carbonyl (C=O) groups excluding carboxylic acids is 2. The van der Waals surface area contributed by atoms with Crippen molar-refractivity contribution in [3.8, 4) is 11.5 Å². The van der Waals surface area contributed by atoms with Crippen molar-refractivity contribution in [2.75, 3.05) is 11.9 Å². The number of anilines is 1. The van der Waals surface area contributed by atoms with E-state index in [0.29, 0.717) is 13.0 Å². The molecule has 7 nitrogen and oxygen atoms in total. The minimum atomic E-state index is -0.995. The molecule has 49 heavy (non-hydrogen) atoms. The fourth-order valence-corrected chi connectivity index (χ4v) is 7.46. The number of rotatable bonds is 15. The van der Waals surface area contributed by atoms with Crippen LogP contribution in [-0.2, 0) is 31.0 Å². The Balaban J connectivity index is 1.27. The average molecular weight is 668 g/mol. The van der Waals surface area contributed by atoms with Gasteiger partial charge in [-0.15, -0.1) is 0 Å². The molecule has 7 heteroatoms. The maximum Gasteiger partial charge on any atom is 0.306 e.